The van der Waals surface area contributed by atoms with Crippen molar-refractivity contribution in [3.8, 4) is 0 Å². The smallest absolute Gasteiger partial charge is 0.335 e. The van der Waals surface area contributed by atoms with Gasteiger partial charge in [0.2, 0.25) is 5.91 Å². The average Bonchev–Trinajstić information content (AvgIpc) is 2.34. The van der Waals surface area contributed by atoms with Crippen LogP contribution in [0.2, 0.25) is 0 Å². The molecule has 1 aromatic heterocycles. The summed E-state index contributed by atoms with van der Waals surface area (Å²) in [4.78, 5) is 26.0. The quantitative estimate of drug-likeness (QED) is 0.796. The SMILES string of the molecule is CSCCC(=O)NCc1cc(C(=O)O)ccn1. The van der Waals surface area contributed by atoms with Crippen molar-refractivity contribution in [3.63, 3.8) is 0 Å². The molecule has 0 atom stereocenters. The fraction of sp³-hybridized carbons (Fsp3) is 0.364. The topological polar surface area (TPSA) is 79.3 Å². The lowest BCUT2D eigenvalue weighted by Crippen LogP contribution is -2.23. The number of rotatable bonds is 6. The molecule has 0 bridgehead atoms. The molecule has 5 nitrogen and oxygen atoms in total. The molecule has 0 aliphatic carbocycles. The summed E-state index contributed by atoms with van der Waals surface area (Å²) in [6, 6.07) is 2.87. The van der Waals surface area contributed by atoms with Gasteiger partial charge in [-0.2, -0.15) is 11.8 Å². The number of nitrogens with zero attached hydrogens (tertiary/aromatic N) is 1. The predicted molar refractivity (Wildman–Crippen MR) is 66.0 cm³/mol. The van der Waals surface area contributed by atoms with Gasteiger partial charge in [-0.3, -0.25) is 9.78 Å². The molecular weight excluding hydrogens is 240 g/mol. The van der Waals surface area contributed by atoms with Gasteiger partial charge in [0.05, 0.1) is 17.8 Å². The van der Waals surface area contributed by atoms with E-state index < -0.39 is 5.97 Å². The van der Waals surface area contributed by atoms with Gasteiger partial charge in [0, 0.05) is 18.4 Å². The summed E-state index contributed by atoms with van der Waals surface area (Å²) in [5, 5.41) is 11.5. The molecule has 0 saturated heterocycles. The Morgan fingerprint density at radius 3 is 2.94 bits per heavy atom. The number of hydrogen-bond donors (Lipinski definition) is 2. The number of nitrogens with one attached hydrogen (secondary N) is 1. The summed E-state index contributed by atoms with van der Waals surface area (Å²) >= 11 is 1.60. The highest BCUT2D eigenvalue weighted by molar-refractivity contribution is 7.98. The zero-order chi connectivity index (χ0) is 12.7. The van der Waals surface area contributed by atoms with Gasteiger partial charge in [-0.05, 0) is 18.4 Å². The van der Waals surface area contributed by atoms with E-state index in [-0.39, 0.29) is 18.0 Å². The fourth-order valence-electron chi connectivity index (χ4n) is 1.18. The third-order valence-corrected chi connectivity index (χ3v) is 2.68. The molecular formula is C11H14N2O3S. The molecule has 2 N–H and O–H groups in total. The summed E-state index contributed by atoms with van der Waals surface area (Å²) in [5.74, 6) is -0.279. The second-order valence-corrected chi connectivity index (χ2v) is 4.35. The van der Waals surface area contributed by atoms with Gasteiger partial charge in [-0.1, -0.05) is 0 Å². The Labute approximate surface area is 104 Å². The highest BCUT2D eigenvalue weighted by Gasteiger charge is 2.05. The van der Waals surface area contributed by atoms with Gasteiger partial charge in [0.25, 0.3) is 0 Å². The number of carboxylic acids is 1. The van der Waals surface area contributed by atoms with Gasteiger partial charge in [0.15, 0.2) is 0 Å². The van der Waals surface area contributed by atoms with Crippen LogP contribution in [0.25, 0.3) is 0 Å². The van der Waals surface area contributed by atoms with E-state index in [0.29, 0.717) is 12.1 Å². The first-order chi connectivity index (χ1) is 8.13. The van der Waals surface area contributed by atoms with Crippen LogP contribution in [-0.4, -0.2) is 34.0 Å². The molecule has 6 heteroatoms. The van der Waals surface area contributed by atoms with Crippen molar-refractivity contribution >= 4 is 23.6 Å². The Hall–Kier alpha value is -1.56. The van der Waals surface area contributed by atoms with Crippen LogP contribution in [0.4, 0.5) is 0 Å². The van der Waals surface area contributed by atoms with E-state index in [1.165, 1.54) is 18.3 Å². The first-order valence-electron chi connectivity index (χ1n) is 5.07. The zero-order valence-corrected chi connectivity index (χ0v) is 10.3. The van der Waals surface area contributed by atoms with E-state index in [0.717, 1.165) is 5.75 Å². The lowest BCUT2D eigenvalue weighted by Gasteiger charge is -2.04. The van der Waals surface area contributed by atoms with Crippen molar-refractivity contribution in [2.75, 3.05) is 12.0 Å². The Balaban J connectivity index is 2.49. The highest BCUT2D eigenvalue weighted by Crippen LogP contribution is 2.02. The maximum absolute atomic E-state index is 11.3. The molecule has 1 aromatic rings. The number of carboxylic acid groups (broad SMARTS) is 1. The Kier molecular flexibility index (Phi) is 5.48. The molecule has 0 saturated carbocycles. The summed E-state index contributed by atoms with van der Waals surface area (Å²) in [5.41, 5.74) is 0.718. The van der Waals surface area contributed by atoms with E-state index in [2.05, 4.69) is 10.3 Å². The van der Waals surface area contributed by atoms with Crippen molar-refractivity contribution in [1.29, 1.82) is 0 Å². The van der Waals surface area contributed by atoms with Crippen LogP contribution < -0.4 is 5.32 Å². The molecule has 92 valence electrons. The molecule has 0 radical (unpaired) electrons. The van der Waals surface area contributed by atoms with Crippen LogP contribution in [0.15, 0.2) is 18.3 Å². The first-order valence-corrected chi connectivity index (χ1v) is 6.46. The standard InChI is InChI=1S/C11H14N2O3S/c1-17-5-3-10(14)13-7-9-6-8(11(15)16)2-4-12-9/h2,4,6H,3,5,7H2,1H3,(H,13,14)(H,15,16). The number of aromatic nitrogens is 1. The van der Waals surface area contributed by atoms with Gasteiger partial charge >= 0.3 is 5.97 Å². The van der Waals surface area contributed by atoms with E-state index in [1.54, 1.807) is 11.8 Å². The maximum Gasteiger partial charge on any atom is 0.335 e. The number of amides is 1. The van der Waals surface area contributed by atoms with Gasteiger partial charge in [0.1, 0.15) is 0 Å². The van der Waals surface area contributed by atoms with Crippen LogP contribution in [0.3, 0.4) is 0 Å². The van der Waals surface area contributed by atoms with Gasteiger partial charge < -0.3 is 10.4 Å². The molecule has 1 amide bonds. The van der Waals surface area contributed by atoms with Crippen LogP contribution >= 0.6 is 11.8 Å². The number of pyridine rings is 1. The average molecular weight is 254 g/mol. The summed E-state index contributed by atoms with van der Waals surface area (Å²) < 4.78 is 0. The molecule has 0 spiro atoms. The first kappa shape index (κ1) is 13.5. The molecule has 0 aliphatic rings. The normalized spacial score (nSPS) is 9.94. The van der Waals surface area contributed by atoms with E-state index in [9.17, 15) is 9.59 Å². The van der Waals surface area contributed by atoms with Crippen LogP contribution in [0.1, 0.15) is 22.5 Å². The lowest BCUT2D eigenvalue weighted by atomic mass is 10.2. The predicted octanol–water partition coefficient (Wildman–Crippen LogP) is 1.15. The van der Waals surface area contributed by atoms with E-state index in [1.807, 2.05) is 6.26 Å². The number of carbonyl (C=O) groups excluding carboxylic acids is 1. The summed E-state index contributed by atoms with van der Waals surface area (Å²) in [6.07, 6.45) is 3.82. The molecule has 0 fully saturated rings. The zero-order valence-electron chi connectivity index (χ0n) is 9.47. The van der Waals surface area contributed by atoms with Crippen LogP contribution in [-0.2, 0) is 11.3 Å². The molecule has 0 unspecified atom stereocenters. The lowest BCUT2D eigenvalue weighted by molar-refractivity contribution is -0.120. The largest absolute Gasteiger partial charge is 0.478 e. The van der Waals surface area contributed by atoms with E-state index in [4.69, 9.17) is 5.11 Å². The molecule has 1 rings (SSSR count). The van der Waals surface area contributed by atoms with Gasteiger partial charge in [-0.25, -0.2) is 4.79 Å². The minimum absolute atomic E-state index is 0.0538. The minimum atomic E-state index is -0.998. The Morgan fingerprint density at radius 1 is 1.53 bits per heavy atom. The van der Waals surface area contributed by atoms with Crippen molar-refractivity contribution < 1.29 is 14.7 Å². The number of thioether (sulfide) groups is 1. The van der Waals surface area contributed by atoms with Crippen molar-refractivity contribution in [3.05, 3.63) is 29.6 Å². The number of hydrogen-bond acceptors (Lipinski definition) is 4. The number of carbonyl (C=O) groups is 2. The Bertz CT molecular complexity index is 409. The Morgan fingerprint density at radius 2 is 2.29 bits per heavy atom. The summed E-state index contributed by atoms with van der Waals surface area (Å²) in [6.45, 7) is 0.258. The van der Waals surface area contributed by atoms with Crippen LogP contribution in [0.5, 0.6) is 0 Å². The molecule has 17 heavy (non-hydrogen) atoms. The van der Waals surface area contributed by atoms with Crippen LogP contribution in [0, 0.1) is 0 Å². The highest BCUT2D eigenvalue weighted by atomic mass is 32.2. The van der Waals surface area contributed by atoms with Gasteiger partial charge in [-0.15, -0.1) is 0 Å². The monoisotopic (exact) mass is 254 g/mol. The summed E-state index contributed by atoms with van der Waals surface area (Å²) in [7, 11) is 0. The van der Waals surface area contributed by atoms with Crippen molar-refractivity contribution in [2.45, 2.75) is 13.0 Å². The maximum atomic E-state index is 11.3. The van der Waals surface area contributed by atoms with Crippen molar-refractivity contribution in [1.82, 2.24) is 10.3 Å². The minimum Gasteiger partial charge on any atom is -0.478 e. The fourth-order valence-corrected chi connectivity index (χ4v) is 1.57. The third kappa shape index (κ3) is 4.86. The second kappa shape index (κ2) is 6.90. The van der Waals surface area contributed by atoms with Crippen molar-refractivity contribution in [2.24, 2.45) is 0 Å². The molecule has 0 aromatic carbocycles. The molecule has 1 heterocycles. The molecule has 0 aliphatic heterocycles. The third-order valence-electron chi connectivity index (χ3n) is 2.06. The number of aromatic carboxylic acids is 1. The van der Waals surface area contributed by atoms with E-state index >= 15 is 0 Å². The second-order valence-electron chi connectivity index (χ2n) is 3.36.